The summed E-state index contributed by atoms with van der Waals surface area (Å²) in [7, 11) is 0. The maximum absolute atomic E-state index is 5.48. The first-order chi connectivity index (χ1) is 5.04. The van der Waals surface area contributed by atoms with Gasteiger partial charge in [-0.1, -0.05) is 33.6 Å². The summed E-state index contributed by atoms with van der Waals surface area (Å²) in [6, 6.07) is 0.481. The van der Waals surface area contributed by atoms with Gasteiger partial charge in [0.25, 0.3) is 0 Å². The number of hydrazine groups is 1. The third-order valence-electron chi connectivity index (χ3n) is 2.51. The summed E-state index contributed by atoms with van der Waals surface area (Å²) in [5.41, 5.74) is 3.22. The van der Waals surface area contributed by atoms with Gasteiger partial charge < -0.3 is 0 Å². The largest absolute Gasteiger partial charge is 0.271 e. The van der Waals surface area contributed by atoms with Crippen molar-refractivity contribution in [1.82, 2.24) is 5.43 Å². The molecule has 0 amide bonds. The monoisotopic (exact) mass is 156 g/mol. The van der Waals surface area contributed by atoms with E-state index in [9.17, 15) is 0 Å². The predicted octanol–water partition coefficient (Wildman–Crippen LogP) is 1.66. The summed E-state index contributed by atoms with van der Waals surface area (Å²) in [4.78, 5) is 0. The van der Waals surface area contributed by atoms with Gasteiger partial charge in [0.2, 0.25) is 0 Å². The molecule has 1 atom stereocenters. The Kier molecular flexibility index (Phi) is 2.55. The summed E-state index contributed by atoms with van der Waals surface area (Å²) in [5.74, 6) is 6.44. The molecule has 11 heavy (non-hydrogen) atoms. The van der Waals surface area contributed by atoms with Crippen LogP contribution in [0, 0.1) is 11.3 Å². The van der Waals surface area contributed by atoms with Gasteiger partial charge in [0, 0.05) is 6.04 Å². The van der Waals surface area contributed by atoms with Crippen LogP contribution in [0.4, 0.5) is 0 Å². The van der Waals surface area contributed by atoms with E-state index in [0.29, 0.717) is 11.5 Å². The second kappa shape index (κ2) is 3.11. The smallest absolute Gasteiger partial charge is 0.0261 e. The van der Waals surface area contributed by atoms with Crippen LogP contribution < -0.4 is 11.3 Å². The van der Waals surface area contributed by atoms with Gasteiger partial charge in [-0.05, 0) is 17.8 Å². The van der Waals surface area contributed by atoms with Gasteiger partial charge >= 0.3 is 0 Å². The van der Waals surface area contributed by atoms with Gasteiger partial charge in [-0.15, -0.1) is 0 Å². The Labute approximate surface area is 69.5 Å². The lowest BCUT2D eigenvalue weighted by molar-refractivity contribution is 0.248. The highest BCUT2D eigenvalue weighted by Gasteiger charge is 2.31. The van der Waals surface area contributed by atoms with Crippen LogP contribution in [0.15, 0.2) is 0 Å². The molecular weight excluding hydrogens is 136 g/mol. The van der Waals surface area contributed by atoms with Crippen molar-refractivity contribution in [2.24, 2.45) is 17.2 Å². The predicted molar refractivity (Wildman–Crippen MR) is 47.9 cm³/mol. The van der Waals surface area contributed by atoms with Crippen LogP contribution in [0.2, 0.25) is 0 Å². The van der Waals surface area contributed by atoms with E-state index in [1.54, 1.807) is 0 Å². The Hall–Kier alpha value is -0.0800. The maximum Gasteiger partial charge on any atom is 0.0261 e. The van der Waals surface area contributed by atoms with Gasteiger partial charge in [-0.2, -0.15) is 0 Å². The van der Waals surface area contributed by atoms with Crippen molar-refractivity contribution in [1.29, 1.82) is 0 Å². The summed E-state index contributed by atoms with van der Waals surface area (Å²) >= 11 is 0. The first-order valence-corrected chi connectivity index (χ1v) is 4.50. The third kappa shape index (κ3) is 2.80. The zero-order valence-corrected chi connectivity index (χ0v) is 7.85. The molecule has 1 rings (SSSR count). The zero-order valence-electron chi connectivity index (χ0n) is 7.85. The molecule has 0 aromatic heterocycles. The molecule has 2 nitrogen and oxygen atoms in total. The van der Waals surface area contributed by atoms with Crippen LogP contribution in [0.5, 0.6) is 0 Å². The van der Waals surface area contributed by atoms with E-state index < -0.39 is 0 Å². The number of hydrogen-bond acceptors (Lipinski definition) is 2. The van der Waals surface area contributed by atoms with E-state index in [-0.39, 0.29) is 0 Å². The van der Waals surface area contributed by atoms with Crippen molar-refractivity contribution < 1.29 is 0 Å². The fraction of sp³-hybridized carbons (Fsp3) is 1.00. The molecule has 0 bridgehead atoms. The van der Waals surface area contributed by atoms with Crippen molar-refractivity contribution in [3.63, 3.8) is 0 Å². The van der Waals surface area contributed by atoms with Crippen molar-refractivity contribution in [3.05, 3.63) is 0 Å². The summed E-state index contributed by atoms with van der Waals surface area (Å²) in [6.45, 7) is 6.71. The second-order valence-corrected chi connectivity index (χ2v) is 4.76. The maximum atomic E-state index is 5.48. The van der Waals surface area contributed by atoms with Gasteiger partial charge in [0.1, 0.15) is 0 Å². The molecule has 1 aliphatic carbocycles. The highest BCUT2D eigenvalue weighted by molar-refractivity contribution is 4.85. The molecule has 1 saturated carbocycles. The van der Waals surface area contributed by atoms with E-state index in [4.69, 9.17) is 5.84 Å². The van der Waals surface area contributed by atoms with Gasteiger partial charge in [-0.3, -0.25) is 11.3 Å². The number of rotatable bonds is 3. The average molecular weight is 156 g/mol. The first kappa shape index (κ1) is 9.01. The van der Waals surface area contributed by atoms with E-state index in [1.165, 1.54) is 19.3 Å². The Morgan fingerprint density at radius 3 is 2.27 bits per heavy atom. The van der Waals surface area contributed by atoms with Crippen LogP contribution in [-0.4, -0.2) is 6.04 Å². The second-order valence-electron chi connectivity index (χ2n) is 4.76. The molecular formula is C9H20N2. The number of nitrogens with two attached hydrogens (primary N) is 1. The quantitative estimate of drug-likeness (QED) is 0.482. The summed E-state index contributed by atoms with van der Waals surface area (Å²) < 4.78 is 0. The summed E-state index contributed by atoms with van der Waals surface area (Å²) in [6.07, 6.45) is 4.07. The average Bonchev–Trinajstić information content (AvgIpc) is 2.62. The minimum absolute atomic E-state index is 0.303. The molecule has 0 saturated heterocycles. The normalized spacial score (nSPS) is 21.8. The molecule has 0 aromatic carbocycles. The highest BCUT2D eigenvalue weighted by Crippen LogP contribution is 2.37. The van der Waals surface area contributed by atoms with Gasteiger partial charge in [-0.25, -0.2) is 0 Å². The fourth-order valence-electron chi connectivity index (χ4n) is 1.36. The molecule has 1 unspecified atom stereocenters. The molecule has 1 fully saturated rings. The van der Waals surface area contributed by atoms with E-state index in [0.717, 1.165) is 5.92 Å². The van der Waals surface area contributed by atoms with Crippen molar-refractivity contribution in [3.8, 4) is 0 Å². The SMILES string of the molecule is CC(C)(C)C(CC1CC1)NN. The molecule has 2 heteroatoms. The van der Waals surface area contributed by atoms with Crippen LogP contribution in [-0.2, 0) is 0 Å². The Bertz CT molecular complexity index is 122. The van der Waals surface area contributed by atoms with Crippen LogP contribution in [0.1, 0.15) is 40.0 Å². The van der Waals surface area contributed by atoms with Gasteiger partial charge in [0.15, 0.2) is 0 Å². The van der Waals surface area contributed by atoms with Gasteiger partial charge in [0.05, 0.1) is 0 Å². The number of nitrogens with one attached hydrogen (secondary N) is 1. The summed E-state index contributed by atoms with van der Waals surface area (Å²) in [5, 5.41) is 0. The minimum Gasteiger partial charge on any atom is -0.271 e. The Balaban J connectivity index is 2.34. The highest BCUT2D eigenvalue weighted by atomic mass is 15.2. The molecule has 1 aliphatic rings. The number of hydrogen-bond donors (Lipinski definition) is 2. The van der Waals surface area contributed by atoms with E-state index in [1.807, 2.05) is 0 Å². The molecule has 0 heterocycles. The topological polar surface area (TPSA) is 38.0 Å². The van der Waals surface area contributed by atoms with Crippen molar-refractivity contribution in [2.75, 3.05) is 0 Å². The molecule has 0 radical (unpaired) electrons. The third-order valence-corrected chi connectivity index (χ3v) is 2.51. The lowest BCUT2D eigenvalue weighted by Crippen LogP contribution is -2.44. The Morgan fingerprint density at radius 2 is 2.00 bits per heavy atom. The van der Waals surface area contributed by atoms with Crippen LogP contribution >= 0.6 is 0 Å². The standard InChI is InChI=1S/C9H20N2/c1-9(2,3)8(11-10)6-7-4-5-7/h7-8,11H,4-6,10H2,1-3H3. The lowest BCUT2D eigenvalue weighted by atomic mass is 9.84. The minimum atomic E-state index is 0.303. The van der Waals surface area contributed by atoms with E-state index in [2.05, 4.69) is 26.2 Å². The zero-order chi connectivity index (χ0) is 8.48. The molecule has 3 N–H and O–H groups in total. The molecule has 0 aliphatic heterocycles. The van der Waals surface area contributed by atoms with Crippen molar-refractivity contribution >= 4 is 0 Å². The van der Waals surface area contributed by atoms with Crippen molar-refractivity contribution in [2.45, 2.75) is 46.1 Å². The fourth-order valence-corrected chi connectivity index (χ4v) is 1.36. The first-order valence-electron chi connectivity index (χ1n) is 4.50. The molecule has 0 spiro atoms. The van der Waals surface area contributed by atoms with Crippen LogP contribution in [0.25, 0.3) is 0 Å². The lowest BCUT2D eigenvalue weighted by Gasteiger charge is -2.29. The molecule has 66 valence electrons. The van der Waals surface area contributed by atoms with E-state index >= 15 is 0 Å². The van der Waals surface area contributed by atoms with Crippen LogP contribution in [0.3, 0.4) is 0 Å². The Morgan fingerprint density at radius 1 is 1.45 bits per heavy atom. The molecule has 0 aromatic rings.